The first-order valence-corrected chi connectivity index (χ1v) is 5.98. The van der Waals surface area contributed by atoms with Crippen molar-refractivity contribution in [3.05, 3.63) is 29.3 Å². The van der Waals surface area contributed by atoms with Crippen LogP contribution in [0.5, 0.6) is 0 Å². The molecular formula is C13H17F3N2O2. The maximum atomic E-state index is 13.0. The minimum absolute atomic E-state index is 0.0463. The van der Waals surface area contributed by atoms with Gasteiger partial charge in [-0.15, -0.1) is 0 Å². The van der Waals surface area contributed by atoms with E-state index in [4.69, 9.17) is 10.8 Å². The molecule has 0 aliphatic carbocycles. The van der Waals surface area contributed by atoms with Gasteiger partial charge in [0.05, 0.1) is 5.56 Å². The fraction of sp³-hybridized carbons (Fsp3) is 0.462. The molecule has 0 aromatic heterocycles. The lowest BCUT2D eigenvalue weighted by Crippen LogP contribution is -2.20. The third-order valence-electron chi connectivity index (χ3n) is 2.93. The Morgan fingerprint density at radius 1 is 1.40 bits per heavy atom. The van der Waals surface area contributed by atoms with E-state index in [1.807, 2.05) is 0 Å². The zero-order chi connectivity index (χ0) is 15.5. The molecule has 0 saturated carbocycles. The lowest BCUT2D eigenvalue weighted by Gasteiger charge is -2.21. The Hall–Kier alpha value is -1.76. The van der Waals surface area contributed by atoms with Crippen LogP contribution in [0.3, 0.4) is 0 Å². The monoisotopic (exact) mass is 290 g/mol. The van der Waals surface area contributed by atoms with Crippen molar-refractivity contribution in [2.24, 2.45) is 5.73 Å². The van der Waals surface area contributed by atoms with E-state index in [1.54, 1.807) is 19.0 Å². The molecule has 0 heterocycles. The third-order valence-corrected chi connectivity index (χ3v) is 2.93. The summed E-state index contributed by atoms with van der Waals surface area (Å²) < 4.78 is 38.9. The van der Waals surface area contributed by atoms with Crippen LogP contribution in [0.2, 0.25) is 0 Å². The molecule has 20 heavy (non-hydrogen) atoms. The highest BCUT2D eigenvalue weighted by Crippen LogP contribution is 2.36. The summed E-state index contributed by atoms with van der Waals surface area (Å²) in [7, 11) is 3.41. The van der Waals surface area contributed by atoms with Gasteiger partial charge in [0.1, 0.15) is 0 Å². The molecule has 1 unspecified atom stereocenters. The van der Waals surface area contributed by atoms with Crippen molar-refractivity contribution in [3.8, 4) is 0 Å². The number of halogens is 3. The number of rotatable bonds is 5. The Morgan fingerprint density at radius 2 is 2.00 bits per heavy atom. The molecule has 0 aliphatic rings. The number of aliphatic carboxylic acids is 1. The van der Waals surface area contributed by atoms with Gasteiger partial charge in [-0.3, -0.25) is 4.79 Å². The van der Waals surface area contributed by atoms with E-state index in [-0.39, 0.29) is 18.4 Å². The summed E-state index contributed by atoms with van der Waals surface area (Å²) in [6, 6.07) is 2.72. The van der Waals surface area contributed by atoms with Crippen molar-refractivity contribution in [2.75, 3.05) is 19.0 Å². The molecule has 4 nitrogen and oxygen atoms in total. The van der Waals surface area contributed by atoms with Crippen LogP contribution in [0.1, 0.15) is 30.0 Å². The summed E-state index contributed by atoms with van der Waals surface area (Å²) in [6.07, 6.45) is -4.83. The maximum absolute atomic E-state index is 13.0. The molecule has 112 valence electrons. The summed E-state index contributed by atoms with van der Waals surface area (Å²) >= 11 is 0. The second-order valence-corrected chi connectivity index (χ2v) is 4.70. The molecular weight excluding hydrogens is 273 g/mol. The van der Waals surface area contributed by atoms with Gasteiger partial charge in [-0.25, -0.2) is 0 Å². The third kappa shape index (κ3) is 4.12. The topological polar surface area (TPSA) is 66.6 Å². The quantitative estimate of drug-likeness (QED) is 0.875. The van der Waals surface area contributed by atoms with Gasteiger partial charge in [0.2, 0.25) is 0 Å². The van der Waals surface area contributed by atoms with Gasteiger partial charge in [0, 0.05) is 32.2 Å². The number of alkyl halides is 3. The standard InChI is InChI=1S/C13H17F3N2O2/c1-18(2)8-3-4-10(13(14,15)16)9(7-8)11(17)5-6-12(19)20/h3-4,7,11H,5-6,17H2,1-2H3,(H,19,20). The molecule has 1 atom stereocenters. The minimum Gasteiger partial charge on any atom is -0.481 e. The van der Waals surface area contributed by atoms with Crippen LogP contribution in [0, 0.1) is 0 Å². The highest BCUT2D eigenvalue weighted by molar-refractivity contribution is 5.66. The molecule has 0 amide bonds. The predicted molar refractivity (Wildman–Crippen MR) is 69.6 cm³/mol. The zero-order valence-electron chi connectivity index (χ0n) is 11.2. The van der Waals surface area contributed by atoms with Gasteiger partial charge in [0.15, 0.2) is 0 Å². The van der Waals surface area contributed by atoms with Crippen LogP contribution in [-0.4, -0.2) is 25.2 Å². The van der Waals surface area contributed by atoms with Gasteiger partial charge in [-0.1, -0.05) is 0 Å². The van der Waals surface area contributed by atoms with Crippen molar-refractivity contribution in [3.63, 3.8) is 0 Å². The van der Waals surface area contributed by atoms with Crippen LogP contribution in [-0.2, 0) is 11.0 Å². The summed E-state index contributed by atoms with van der Waals surface area (Å²) in [5, 5.41) is 8.60. The molecule has 0 bridgehead atoms. The Balaban J connectivity index is 3.17. The predicted octanol–water partition coefficient (Wildman–Crippen LogP) is 2.64. The van der Waals surface area contributed by atoms with Crippen LogP contribution in [0.4, 0.5) is 18.9 Å². The lowest BCUT2D eigenvalue weighted by molar-refractivity contribution is -0.138. The highest BCUT2D eigenvalue weighted by atomic mass is 19.4. The largest absolute Gasteiger partial charge is 0.481 e. The highest BCUT2D eigenvalue weighted by Gasteiger charge is 2.34. The Bertz CT molecular complexity index is 487. The van der Waals surface area contributed by atoms with Gasteiger partial charge < -0.3 is 15.7 Å². The number of benzene rings is 1. The summed E-state index contributed by atoms with van der Waals surface area (Å²) in [5.74, 6) is -1.09. The van der Waals surface area contributed by atoms with E-state index in [0.29, 0.717) is 5.69 Å². The molecule has 0 aliphatic heterocycles. The van der Waals surface area contributed by atoms with Gasteiger partial charge in [-0.05, 0) is 30.2 Å². The molecule has 0 spiro atoms. The number of carboxylic acid groups (broad SMARTS) is 1. The molecule has 0 fully saturated rings. The fourth-order valence-corrected chi connectivity index (χ4v) is 1.83. The molecule has 0 radical (unpaired) electrons. The summed E-state index contributed by atoms with van der Waals surface area (Å²) in [4.78, 5) is 12.2. The zero-order valence-corrected chi connectivity index (χ0v) is 11.2. The van der Waals surface area contributed by atoms with Crippen molar-refractivity contribution >= 4 is 11.7 Å². The Morgan fingerprint density at radius 3 is 2.45 bits per heavy atom. The van der Waals surface area contributed by atoms with E-state index in [9.17, 15) is 18.0 Å². The number of anilines is 1. The Labute approximate surface area is 115 Å². The summed E-state index contributed by atoms with van der Waals surface area (Å²) in [5.41, 5.74) is 5.41. The number of nitrogens with zero attached hydrogens (tertiary/aromatic N) is 1. The number of hydrogen-bond acceptors (Lipinski definition) is 3. The van der Waals surface area contributed by atoms with Crippen molar-refractivity contribution in [1.82, 2.24) is 0 Å². The maximum Gasteiger partial charge on any atom is 0.416 e. The molecule has 0 saturated heterocycles. The first kappa shape index (κ1) is 16.3. The number of carboxylic acids is 1. The number of nitrogens with two attached hydrogens (primary N) is 1. The second-order valence-electron chi connectivity index (χ2n) is 4.70. The second kappa shape index (κ2) is 6.13. The van der Waals surface area contributed by atoms with Crippen LogP contribution < -0.4 is 10.6 Å². The minimum atomic E-state index is -4.51. The fourth-order valence-electron chi connectivity index (χ4n) is 1.83. The van der Waals surface area contributed by atoms with Crippen molar-refractivity contribution in [2.45, 2.75) is 25.1 Å². The van der Waals surface area contributed by atoms with Gasteiger partial charge >= 0.3 is 12.1 Å². The van der Waals surface area contributed by atoms with Crippen LogP contribution in [0.15, 0.2) is 18.2 Å². The van der Waals surface area contributed by atoms with Crippen molar-refractivity contribution < 1.29 is 23.1 Å². The van der Waals surface area contributed by atoms with Crippen molar-refractivity contribution in [1.29, 1.82) is 0 Å². The van der Waals surface area contributed by atoms with Gasteiger partial charge in [-0.2, -0.15) is 13.2 Å². The normalized spacial score (nSPS) is 13.1. The van der Waals surface area contributed by atoms with E-state index in [0.717, 1.165) is 6.07 Å². The Kier molecular flexibility index (Phi) is 4.99. The molecule has 7 heteroatoms. The molecule has 1 aromatic rings. The average molecular weight is 290 g/mol. The van der Waals surface area contributed by atoms with E-state index < -0.39 is 23.8 Å². The van der Waals surface area contributed by atoms with E-state index in [1.165, 1.54) is 12.1 Å². The average Bonchev–Trinajstić information content (AvgIpc) is 2.33. The lowest BCUT2D eigenvalue weighted by atomic mass is 9.96. The number of carbonyl (C=O) groups is 1. The molecule has 3 N–H and O–H groups in total. The smallest absolute Gasteiger partial charge is 0.416 e. The van der Waals surface area contributed by atoms with Crippen LogP contribution >= 0.6 is 0 Å². The molecule has 1 rings (SSSR count). The SMILES string of the molecule is CN(C)c1ccc(C(F)(F)F)c(C(N)CCC(=O)O)c1. The van der Waals surface area contributed by atoms with E-state index in [2.05, 4.69) is 0 Å². The van der Waals surface area contributed by atoms with E-state index >= 15 is 0 Å². The number of hydrogen-bond donors (Lipinski definition) is 2. The first-order valence-electron chi connectivity index (χ1n) is 5.98. The first-order chi connectivity index (χ1) is 9.12. The van der Waals surface area contributed by atoms with Gasteiger partial charge in [0.25, 0.3) is 0 Å². The summed E-state index contributed by atoms with van der Waals surface area (Å²) in [6.45, 7) is 0. The van der Waals surface area contributed by atoms with Crippen LogP contribution in [0.25, 0.3) is 0 Å². The molecule has 1 aromatic carbocycles.